The van der Waals surface area contributed by atoms with Gasteiger partial charge in [0.2, 0.25) is 6.54 Å². The molecule has 0 radical (unpaired) electrons. The molecule has 4 nitrogen and oxygen atoms in total. The van der Waals surface area contributed by atoms with Gasteiger partial charge in [0.15, 0.2) is 5.78 Å². The number of ketones is 1. The third kappa shape index (κ3) is 4.96. The summed E-state index contributed by atoms with van der Waals surface area (Å²) in [5, 5.41) is 11.6. The molecule has 0 aliphatic rings. The van der Waals surface area contributed by atoms with Crippen molar-refractivity contribution in [3.05, 3.63) is 118 Å². The van der Waals surface area contributed by atoms with Crippen molar-refractivity contribution in [2.45, 2.75) is 25.2 Å². The Kier molecular flexibility index (Phi) is 6.90. The van der Waals surface area contributed by atoms with E-state index in [1.54, 1.807) is 12.1 Å². The largest absolute Gasteiger partial charge is 0.294 e. The highest BCUT2D eigenvalue weighted by Crippen LogP contribution is 2.40. The summed E-state index contributed by atoms with van der Waals surface area (Å²) in [5.74, 6) is -1.20. The van der Waals surface area contributed by atoms with Gasteiger partial charge in [-0.15, -0.1) is 0 Å². The van der Waals surface area contributed by atoms with E-state index < -0.39 is 11.8 Å². The van der Waals surface area contributed by atoms with Crippen molar-refractivity contribution in [3.8, 4) is 0 Å². The van der Waals surface area contributed by atoms with Crippen LogP contribution in [-0.2, 0) is 0 Å². The van der Waals surface area contributed by atoms with Crippen molar-refractivity contribution in [1.82, 2.24) is 0 Å². The number of hydrogen-bond donors (Lipinski definition) is 0. The molecule has 3 aromatic rings. The predicted molar refractivity (Wildman–Crippen MR) is 115 cm³/mol. The van der Waals surface area contributed by atoms with Crippen LogP contribution in [0.3, 0.4) is 0 Å². The molecular formula is C25H25NO3. The quantitative estimate of drug-likeness (QED) is 0.267. The summed E-state index contributed by atoms with van der Waals surface area (Å²) in [7, 11) is 0. The molecular weight excluding hydrogens is 362 g/mol. The van der Waals surface area contributed by atoms with E-state index in [-0.39, 0.29) is 23.2 Å². The second-order valence-electron chi connectivity index (χ2n) is 7.21. The molecule has 3 atom stereocenters. The van der Waals surface area contributed by atoms with Gasteiger partial charge in [-0.25, -0.2) is 0 Å². The molecule has 3 rings (SSSR count). The summed E-state index contributed by atoms with van der Waals surface area (Å²) in [6, 6.07) is 28.4. The minimum absolute atomic E-state index is 0.0444. The molecule has 4 heteroatoms. The molecule has 0 fully saturated rings. The average molecular weight is 387 g/mol. The summed E-state index contributed by atoms with van der Waals surface area (Å²) < 4.78 is 0. The van der Waals surface area contributed by atoms with Crippen molar-refractivity contribution in [1.29, 1.82) is 0 Å². The van der Waals surface area contributed by atoms with Crippen LogP contribution in [0, 0.1) is 16.0 Å². The van der Waals surface area contributed by atoms with Gasteiger partial charge in [-0.3, -0.25) is 14.9 Å². The topological polar surface area (TPSA) is 60.2 Å². The van der Waals surface area contributed by atoms with Gasteiger partial charge >= 0.3 is 0 Å². The van der Waals surface area contributed by atoms with Crippen LogP contribution in [0.1, 0.15) is 46.7 Å². The molecule has 0 unspecified atom stereocenters. The minimum atomic E-state index is -0.530. The first-order valence-corrected chi connectivity index (χ1v) is 9.92. The van der Waals surface area contributed by atoms with E-state index in [2.05, 4.69) is 0 Å². The molecule has 0 saturated carbocycles. The maximum Gasteiger partial charge on any atom is 0.211 e. The highest BCUT2D eigenvalue weighted by Gasteiger charge is 2.39. The molecule has 0 amide bonds. The van der Waals surface area contributed by atoms with E-state index >= 15 is 0 Å². The van der Waals surface area contributed by atoms with Crippen LogP contribution in [-0.4, -0.2) is 17.3 Å². The lowest BCUT2D eigenvalue weighted by Gasteiger charge is -2.31. The van der Waals surface area contributed by atoms with Crippen molar-refractivity contribution in [3.63, 3.8) is 0 Å². The summed E-state index contributed by atoms with van der Waals surface area (Å²) in [6.45, 7) is 1.76. The Hall–Kier alpha value is -3.27. The zero-order valence-corrected chi connectivity index (χ0v) is 16.5. The van der Waals surface area contributed by atoms with Gasteiger partial charge in [0.1, 0.15) is 0 Å². The third-order valence-corrected chi connectivity index (χ3v) is 5.47. The standard InChI is InChI=1S/C25H25NO3/c1-2-22(19-12-6-3-7-13-19)24(25(27)21-16-10-5-11-17-21)23(18-26(28)29)20-14-8-4-9-15-20/h3-17,22-24H,2,18H2,1H3/t22-,23+,24+/m0/s1. The summed E-state index contributed by atoms with van der Waals surface area (Å²) in [6.07, 6.45) is 0.717. The minimum Gasteiger partial charge on any atom is -0.294 e. The number of nitrogens with zero attached hydrogens (tertiary/aromatic N) is 1. The number of nitro groups is 1. The van der Waals surface area contributed by atoms with Crippen molar-refractivity contribution < 1.29 is 9.72 Å². The number of Topliss-reactive ketones (excluding diaryl/α,β-unsaturated/α-hetero) is 1. The van der Waals surface area contributed by atoms with Gasteiger partial charge in [-0.05, 0) is 23.5 Å². The summed E-state index contributed by atoms with van der Waals surface area (Å²) >= 11 is 0. The zero-order valence-electron chi connectivity index (χ0n) is 16.5. The van der Waals surface area contributed by atoms with Crippen molar-refractivity contribution in [2.75, 3.05) is 6.54 Å². The Balaban J connectivity index is 2.14. The number of carbonyl (C=O) groups is 1. The lowest BCUT2D eigenvalue weighted by Crippen LogP contribution is -2.32. The molecule has 0 aliphatic heterocycles. The average Bonchev–Trinajstić information content (AvgIpc) is 2.77. The number of benzene rings is 3. The van der Waals surface area contributed by atoms with E-state index in [1.807, 2.05) is 85.8 Å². The fourth-order valence-electron chi connectivity index (χ4n) is 4.13. The van der Waals surface area contributed by atoms with Crippen LogP contribution in [0.4, 0.5) is 0 Å². The molecule has 29 heavy (non-hydrogen) atoms. The highest BCUT2D eigenvalue weighted by atomic mass is 16.6. The second kappa shape index (κ2) is 9.78. The molecule has 0 saturated heterocycles. The number of rotatable bonds is 9. The van der Waals surface area contributed by atoms with Crippen LogP contribution in [0.5, 0.6) is 0 Å². The van der Waals surface area contributed by atoms with E-state index in [0.29, 0.717) is 12.0 Å². The predicted octanol–water partition coefficient (Wildman–Crippen LogP) is 5.74. The van der Waals surface area contributed by atoms with E-state index in [4.69, 9.17) is 0 Å². The first kappa shape index (κ1) is 20.5. The molecule has 0 spiro atoms. The smallest absolute Gasteiger partial charge is 0.211 e. The fourth-order valence-corrected chi connectivity index (χ4v) is 4.13. The number of hydrogen-bond acceptors (Lipinski definition) is 3. The fraction of sp³-hybridized carbons (Fsp3) is 0.240. The maximum absolute atomic E-state index is 13.7. The Morgan fingerprint density at radius 3 is 1.69 bits per heavy atom. The third-order valence-electron chi connectivity index (χ3n) is 5.47. The van der Waals surface area contributed by atoms with E-state index in [1.165, 1.54) is 0 Å². The van der Waals surface area contributed by atoms with Gasteiger partial charge in [0, 0.05) is 16.4 Å². The van der Waals surface area contributed by atoms with Gasteiger partial charge in [-0.1, -0.05) is 97.9 Å². The van der Waals surface area contributed by atoms with Crippen molar-refractivity contribution >= 4 is 5.78 Å². The van der Waals surface area contributed by atoms with Crippen LogP contribution in [0.2, 0.25) is 0 Å². The van der Waals surface area contributed by atoms with Gasteiger partial charge < -0.3 is 0 Å². The molecule has 0 bridgehead atoms. The Bertz CT molecular complexity index is 926. The summed E-state index contributed by atoms with van der Waals surface area (Å²) in [4.78, 5) is 25.0. The lowest BCUT2D eigenvalue weighted by molar-refractivity contribution is -0.484. The zero-order chi connectivity index (χ0) is 20.6. The van der Waals surface area contributed by atoms with Crippen LogP contribution in [0.15, 0.2) is 91.0 Å². The molecule has 0 heterocycles. The van der Waals surface area contributed by atoms with Gasteiger partial charge in [0.05, 0.1) is 5.92 Å². The van der Waals surface area contributed by atoms with E-state index in [9.17, 15) is 14.9 Å². The summed E-state index contributed by atoms with van der Waals surface area (Å²) in [5.41, 5.74) is 2.46. The van der Waals surface area contributed by atoms with Crippen LogP contribution < -0.4 is 0 Å². The Morgan fingerprint density at radius 1 is 0.793 bits per heavy atom. The van der Waals surface area contributed by atoms with E-state index in [0.717, 1.165) is 11.1 Å². The van der Waals surface area contributed by atoms with Gasteiger partial charge in [-0.2, -0.15) is 0 Å². The van der Waals surface area contributed by atoms with Crippen LogP contribution >= 0.6 is 0 Å². The maximum atomic E-state index is 13.7. The highest BCUT2D eigenvalue weighted by molar-refractivity contribution is 5.99. The Morgan fingerprint density at radius 2 is 1.24 bits per heavy atom. The molecule has 0 aliphatic carbocycles. The Labute approximate surface area is 171 Å². The van der Waals surface area contributed by atoms with Crippen molar-refractivity contribution in [2.24, 2.45) is 5.92 Å². The monoisotopic (exact) mass is 387 g/mol. The normalized spacial score (nSPS) is 14.0. The number of carbonyl (C=O) groups excluding carboxylic acids is 1. The first-order chi connectivity index (χ1) is 14.1. The first-order valence-electron chi connectivity index (χ1n) is 9.92. The van der Waals surface area contributed by atoms with Crippen LogP contribution in [0.25, 0.3) is 0 Å². The molecule has 3 aromatic carbocycles. The molecule has 148 valence electrons. The SMILES string of the molecule is CC[C@@H](c1ccccc1)[C@@H](C(=O)c1ccccc1)[C@H](C[N+](=O)[O-])c1ccccc1. The molecule has 0 aromatic heterocycles. The van der Waals surface area contributed by atoms with Gasteiger partial charge in [0.25, 0.3) is 0 Å². The lowest BCUT2D eigenvalue weighted by atomic mass is 9.70. The second-order valence-corrected chi connectivity index (χ2v) is 7.21. The molecule has 0 N–H and O–H groups in total.